The number of nitrogens with zero attached hydrogens (tertiary/aromatic N) is 2. The maximum atomic E-state index is 5.33. The first kappa shape index (κ1) is 17.8. The number of aliphatic imine (C=N–C) groups is 1. The molecule has 0 aliphatic carbocycles. The molecule has 2 aromatic carbocycles. The summed E-state index contributed by atoms with van der Waals surface area (Å²) >= 11 is 0. The lowest BCUT2D eigenvalue weighted by Crippen LogP contribution is -1.94. The van der Waals surface area contributed by atoms with Crippen LogP contribution in [0.2, 0.25) is 0 Å². The van der Waals surface area contributed by atoms with Crippen molar-refractivity contribution in [3.63, 3.8) is 0 Å². The van der Waals surface area contributed by atoms with E-state index in [2.05, 4.69) is 46.9 Å². The number of hydrogen-bond donors (Lipinski definition) is 0. The summed E-state index contributed by atoms with van der Waals surface area (Å²) in [6, 6.07) is 18.5. The average molecular weight is 341 g/mol. The molecular formula is C20H21ClN2O. The van der Waals surface area contributed by atoms with Gasteiger partial charge >= 0.3 is 0 Å². The fourth-order valence-electron chi connectivity index (χ4n) is 2.63. The van der Waals surface area contributed by atoms with Gasteiger partial charge in [0.05, 0.1) is 19.3 Å². The van der Waals surface area contributed by atoms with Gasteiger partial charge < -0.3 is 9.30 Å². The number of aromatic nitrogens is 1. The van der Waals surface area contributed by atoms with E-state index in [0.29, 0.717) is 6.54 Å². The zero-order valence-corrected chi connectivity index (χ0v) is 14.7. The summed E-state index contributed by atoms with van der Waals surface area (Å²) in [4.78, 5) is 4.49. The van der Waals surface area contributed by atoms with Gasteiger partial charge in [-0.05, 0) is 18.2 Å². The molecule has 3 nitrogen and oxygen atoms in total. The zero-order chi connectivity index (χ0) is 16.1. The van der Waals surface area contributed by atoms with E-state index in [0.717, 1.165) is 17.0 Å². The Balaban J connectivity index is 0.00000208. The maximum absolute atomic E-state index is 5.33. The molecule has 1 heterocycles. The van der Waals surface area contributed by atoms with Crippen molar-refractivity contribution in [2.45, 2.75) is 0 Å². The Hall–Kier alpha value is -2.52. The number of aryl methyl sites for hydroxylation is 1. The summed E-state index contributed by atoms with van der Waals surface area (Å²) in [5.74, 6) is 0.876. The molecule has 1 aromatic heterocycles. The van der Waals surface area contributed by atoms with E-state index in [1.54, 1.807) is 7.11 Å². The van der Waals surface area contributed by atoms with Crippen molar-refractivity contribution in [3.05, 3.63) is 71.9 Å². The van der Waals surface area contributed by atoms with Gasteiger partial charge in [0.2, 0.25) is 0 Å². The number of halogens is 1. The molecule has 0 bridgehead atoms. The Morgan fingerprint density at radius 2 is 1.83 bits per heavy atom. The average Bonchev–Trinajstić information content (AvgIpc) is 2.91. The standard InChI is InChI=1S/C20H20N2O.ClH/c1-22-18(14-17-9-3-5-11-19(17)22)15-21-13-7-10-16-8-4-6-12-20(16)23-2;/h3-12,14-15H,13H2,1-2H3;1H/b10-7+,21-15?;. The largest absolute Gasteiger partial charge is 0.496 e. The molecule has 0 aliphatic heterocycles. The van der Waals surface area contributed by atoms with Crippen LogP contribution in [0.5, 0.6) is 5.75 Å². The molecule has 0 saturated carbocycles. The predicted octanol–water partition coefficient (Wildman–Crippen LogP) is 4.74. The number of fused-ring (bicyclic) bond motifs is 1. The number of rotatable bonds is 5. The highest BCUT2D eigenvalue weighted by molar-refractivity contribution is 5.90. The Morgan fingerprint density at radius 3 is 2.62 bits per heavy atom. The lowest BCUT2D eigenvalue weighted by molar-refractivity contribution is 0.414. The maximum Gasteiger partial charge on any atom is 0.126 e. The minimum absolute atomic E-state index is 0. The monoisotopic (exact) mass is 340 g/mol. The summed E-state index contributed by atoms with van der Waals surface area (Å²) in [7, 11) is 3.75. The highest BCUT2D eigenvalue weighted by Crippen LogP contribution is 2.19. The molecule has 0 aliphatic rings. The molecule has 0 fully saturated rings. The van der Waals surface area contributed by atoms with Crippen LogP contribution in [-0.2, 0) is 7.05 Å². The number of hydrogen-bond acceptors (Lipinski definition) is 2. The summed E-state index contributed by atoms with van der Waals surface area (Å²) in [5.41, 5.74) is 3.39. The van der Waals surface area contributed by atoms with Crippen LogP contribution in [0.15, 0.2) is 65.7 Å². The first-order valence-corrected chi connectivity index (χ1v) is 7.63. The van der Waals surface area contributed by atoms with Gasteiger partial charge in [0.25, 0.3) is 0 Å². The van der Waals surface area contributed by atoms with Crippen LogP contribution in [0.1, 0.15) is 11.3 Å². The third-order valence-corrected chi connectivity index (χ3v) is 3.86. The van der Waals surface area contributed by atoms with Crippen molar-refractivity contribution in [1.82, 2.24) is 4.57 Å². The minimum atomic E-state index is 0. The third kappa shape index (κ3) is 3.87. The summed E-state index contributed by atoms with van der Waals surface area (Å²) < 4.78 is 7.48. The van der Waals surface area contributed by atoms with E-state index in [9.17, 15) is 0 Å². The first-order valence-electron chi connectivity index (χ1n) is 7.63. The van der Waals surface area contributed by atoms with Gasteiger partial charge in [0.1, 0.15) is 5.75 Å². The third-order valence-electron chi connectivity index (χ3n) is 3.86. The van der Waals surface area contributed by atoms with Crippen molar-refractivity contribution >= 4 is 35.6 Å². The minimum Gasteiger partial charge on any atom is -0.496 e. The smallest absolute Gasteiger partial charge is 0.126 e. The number of ether oxygens (including phenoxy) is 1. The Kier molecular flexibility index (Phi) is 6.21. The predicted molar refractivity (Wildman–Crippen MR) is 105 cm³/mol. The van der Waals surface area contributed by atoms with Gasteiger partial charge in [-0.2, -0.15) is 0 Å². The lowest BCUT2D eigenvalue weighted by atomic mass is 10.2. The lowest BCUT2D eigenvalue weighted by Gasteiger charge is -2.02. The van der Waals surface area contributed by atoms with Crippen LogP contribution in [0.4, 0.5) is 0 Å². The van der Waals surface area contributed by atoms with Crippen molar-refractivity contribution in [2.75, 3.05) is 13.7 Å². The van der Waals surface area contributed by atoms with E-state index in [1.165, 1.54) is 10.9 Å². The molecule has 0 saturated heterocycles. The molecule has 0 unspecified atom stereocenters. The summed E-state index contributed by atoms with van der Waals surface area (Å²) in [6.45, 7) is 0.638. The van der Waals surface area contributed by atoms with Crippen LogP contribution >= 0.6 is 12.4 Å². The molecule has 0 atom stereocenters. The molecule has 0 amide bonds. The fraction of sp³-hybridized carbons (Fsp3) is 0.150. The highest BCUT2D eigenvalue weighted by Gasteiger charge is 2.01. The van der Waals surface area contributed by atoms with E-state index < -0.39 is 0 Å². The van der Waals surface area contributed by atoms with Gasteiger partial charge in [-0.3, -0.25) is 4.99 Å². The molecule has 3 rings (SSSR count). The second-order valence-electron chi connectivity index (χ2n) is 5.33. The van der Waals surface area contributed by atoms with Crippen LogP contribution in [0, 0.1) is 0 Å². The van der Waals surface area contributed by atoms with Crippen LogP contribution in [0.25, 0.3) is 17.0 Å². The van der Waals surface area contributed by atoms with E-state index in [-0.39, 0.29) is 12.4 Å². The van der Waals surface area contributed by atoms with Gasteiger partial charge in [-0.15, -0.1) is 12.4 Å². The van der Waals surface area contributed by atoms with Crippen molar-refractivity contribution in [2.24, 2.45) is 12.0 Å². The van der Waals surface area contributed by atoms with Crippen molar-refractivity contribution in [1.29, 1.82) is 0 Å². The molecule has 0 spiro atoms. The van der Waals surface area contributed by atoms with E-state index in [1.807, 2.05) is 42.6 Å². The zero-order valence-electron chi connectivity index (χ0n) is 13.8. The molecule has 4 heteroatoms. The number of para-hydroxylation sites is 2. The number of benzene rings is 2. The van der Waals surface area contributed by atoms with Gasteiger partial charge in [-0.25, -0.2) is 0 Å². The van der Waals surface area contributed by atoms with E-state index >= 15 is 0 Å². The van der Waals surface area contributed by atoms with Crippen LogP contribution in [-0.4, -0.2) is 24.4 Å². The fourth-order valence-corrected chi connectivity index (χ4v) is 2.63. The van der Waals surface area contributed by atoms with E-state index in [4.69, 9.17) is 4.74 Å². The van der Waals surface area contributed by atoms with Gasteiger partial charge in [0.15, 0.2) is 0 Å². The second kappa shape index (κ2) is 8.37. The van der Waals surface area contributed by atoms with Crippen molar-refractivity contribution < 1.29 is 4.74 Å². The molecule has 124 valence electrons. The molecule has 0 radical (unpaired) electrons. The Morgan fingerprint density at radius 1 is 1.08 bits per heavy atom. The SMILES string of the molecule is COc1ccccc1/C=C/CN=Cc1cc2ccccc2n1C.Cl. The van der Waals surface area contributed by atoms with Gasteiger partial charge in [0, 0.05) is 29.7 Å². The Labute approximate surface area is 148 Å². The topological polar surface area (TPSA) is 26.5 Å². The van der Waals surface area contributed by atoms with Crippen molar-refractivity contribution in [3.8, 4) is 5.75 Å². The molecule has 24 heavy (non-hydrogen) atoms. The van der Waals surface area contributed by atoms with Crippen LogP contribution in [0.3, 0.4) is 0 Å². The quantitative estimate of drug-likeness (QED) is 0.616. The molecular weight excluding hydrogens is 320 g/mol. The Bertz CT molecular complexity index is 865. The summed E-state index contributed by atoms with van der Waals surface area (Å²) in [5, 5.41) is 1.24. The van der Waals surface area contributed by atoms with Gasteiger partial charge in [-0.1, -0.05) is 48.6 Å². The normalized spacial score (nSPS) is 11.2. The second-order valence-corrected chi connectivity index (χ2v) is 5.33. The first-order chi connectivity index (χ1) is 11.3. The highest BCUT2D eigenvalue weighted by atomic mass is 35.5. The number of methoxy groups -OCH3 is 1. The summed E-state index contributed by atoms with van der Waals surface area (Å²) in [6.07, 6.45) is 6.00. The molecule has 0 N–H and O–H groups in total. The molecule has 3 aromatic rings. The van der Waals surface area contributed by atoms with Crippen LogP contribution < -0.4 is 4.74 Å².